The number of primary amides is 1. The van der Waals surface area contributed by atoms with Crippen LogP contribution < -0.4 is 10.5 Å². The fraction of sp³-hybridized carbons (Fsp3) is 0.0938. The van der Waals surface area contributed by atoms with Crippen LogP contribution in [0.4, 0.5) is 46.0 Å². The van der Waals surface area contributed by atoms with Gasteiger partial charge in [0.15, 0.2) is 40.3 Å². The first kappa shape index (κ1) is 77.1. The zero-order valence-electron chi connectivity index (χ0n) is 51.1. The number of alkyl halides is 3. The number of nitro groups is 5. The van der Waals surface area contributed by atoms with Crippen molar-refractivity contribution in [1.29, 1.82) is 0 Å². The van der Waals surface area contributed by atoms with E-state index >= 15 is 0 Å². The maximum atomic E-state index is 13.9. The molecule has 0 spiro atoms. The molecular weight excluding hydrogens is 1510 g/mol. The molecule has 5 aromatic heterocycles. The van der Waals surface area contributed by atoms with Gasteiger partial charge in [-0.15, -0.1) is 22.9 Å². The number of amides is 1. The van der Waals surface area contributed by atoms with Crippen LogP contribution in [-0.2, 0) is 4.79 Å². The standard InChI is InChI=1S/C17H8F2N2O3S.2C10H6BrNO4.C10H7NO4.C7H5F2NO.C7H7NO4.C3H5ClO/c18-10-2-4-12(13(19)6-10)17-20-14(8-25-17)16-5-9-1-3-11(21(22)23)7-15(9)24-16;2*11-5-8(13)10-3-6-1-2-7(12(14)15)4-9(6)16-10;1-6(12)9-4-7-2-3-8(11(13)14)5-10(7)15-9;8-4-1-2-5(7(10)11)6(9)3-4;1-12-7-3-2-5(8(10)11)4-6(7)9;1-3(5)2-4/h1-8H;2*1-4H,5H2;2-5H,1H3;1-3H,(H2,10,11);2-4,9H,1H3;2H2,1H3. The highest BCUT2D eigenvalue weighted by Gasteiger charge is 2.20. The number of nitro benzene ring substituents is 5. The van der Waals surface area contributed by atoms with Crippen LogP contribution in [0, 0.1) is 73.8 Å². The lowest BCUT2D eigenvalue weighted by Crippen LogP contribution is -2.12. The number of carbonyl (C=O) groups is 5. The van der Waals surface area contributed by atoms with E-state index in [1.165, 1.54) is 105 Å². The number of aromatic hydroxyl groups is 1. The number of non-ortho nitro benzene ring substituents is 5. The fourth-order valence-electron chi connectivity index (χ4n) is 7.89. The van der Waals surface area contributed by atoms with Gasteiger partial charge in [0, 0.05) is 81.9 Å². The number of furan rings is 4. The minimum Gasteiger partial charge on any atom is -0.504 e. The maximum Gasteiger partial charge on any atom is 0.273 e. The summed E-state index contributed by atoms with van der Waals surface area (Å²) in [6.07, 6.45) is 0. The highest BCUT2D eigenvalue weighted by Crippen LogP contribution is 2.35. The minimum atomic E-state index is -0.933. The van der Waals surface area contributed by atoms with Crippen molar-refractivity contribution in [1.82, 2.24) is 4.98 Å². The van der Waals surface area contributed by atoms with Gasteiger partial charge in [0.1, 0.15) is 62.1 Å². The largest absolute Gasteiger partial charge is 0.504 e. The van der Waals surface area contributed by atoms with Crippen LogP contribution >= 0.6 is 54.8 Å². The number of aromatic nitrogens is 1. The summed E-state index contributed by atoms with van der Waals surface area (Å²) in [4.78, 5) is 108. The summed E-state index contributed by atoms with van der Waals surface area (Å²) in [7, 11) is 1.38. The molecule has 7 aromatic carbocycles. The molecule has 5 heterocycles. The van der Waals surface area contributed by atoms with Crippen molar-refractivity contribution in [3.05, 3.63) is 254 Å². The van der Waals surface area contributed by atoms with E-state index in [1.807, 2.05) is 0 Å². The number of phenols is 1. The first-order valence-corrected chi connectivity index (χ1v) is 31.1. The Bertz CT molecular complexity index is 5000. The Morgan fingerprint density at radius 1 is 0.540 bits per heavy atom. The van der Waals surface area contributed by atoms with Crippen molar-refractivity contribution in [2.75, 3.05) is 23.6 Å². The van der Waals surface area contributed by atoms with E-state index in [0.29, 0.717) is 66.4 Å². The molecule has 1 amide bonds. The van der Waals surface area contributed by atoms with Crippen LogP contribution in [0.15, 0.2) is 175 Å². The second-order valence-electron chi connectivity index (χ2n) is 19.6. The van der Waals surface area contributed by atoms with Crippen molar-refractivity contribution in [2.45, 2.75) is 13.8 Å². The van der Waals surface area contributed by atoms with Gasteiger partial charge in [-0.25, -0.2) is 22.5 Å². The maximum absolute atomic E-state index is 13.9. The number of halogens is 7. The third kappa shape index (κ3) is 21.0. The second-order valence-corrected chi connectivity index (χ2v) is 21.9. The van der Waals surface area contributed by atoms with Gasteiger partial charge in [0.2, 0.25) is 11.6 Å². The molecule has 0 atom stereocenters. The SMILES string of the molecule is CC(=O)CCl.CC(=O)c1cc2ccc([N+](=O)[O-])cc2o1.COc1ccc([N+](=O)[O-])cc1O.NC(=O)c1ccc(F)cc1F.O=C(CBr)c1cc2ccc([N+](=O)[O-])cc2o1.O=C(CBr)c1cc2ccc([N+](=O)[O-])cc2o1.O=[N+]([O-])c1ccc2cc(-c3csc(-c4ccc(F)cc4F)n3)oc2c1. The van der Waals surface area contributed by atoms with Crippen molar-refractivity contribution >= 4 is 156 Å². The van der Waals surface area contributed by atoms with Gasteiger partial charge < -0.3 is 33.2 Å². The summed E-state index contributed by atoms with van der Waals surface area (Å²) in [5.74, 6) is -3.32. The van der Waals surface area contributed by atoms with Crippen molar-refractivity contribution in [3.63, 3.8) is 0 Å². The lowest BCUT2D eigenvalue weighted by atomic mass is 10.2. The van der Waals surface area contributed by atoms with Crippen LogP contribution in [-0.4, -0.2) is 87.4 Å². The lowest BCUT2D eigenvalue weighted by molar-refractivity contribution is -0.385. The third-order valence-electron chi connectivity index (χ3n) is 12.7. The van der Waals surface area contributed by atoms with Crippen LogP contribution in [0.5, 0.6) is 11.5 Å². The monoisotopic (exact) mass is 1550 g/mol. The number of nitrogens with zero attached hydrogens (tertiary/aromatic N) is 6. The number of phenolic OH excluding ortho intramolecular Hbond substituents is 1. The van der Waals surface area contributed by atoms with Crippen LogP contribution in [0.1, 0.15) is 55.9 Å². The number of nitrogens with two attached hydrogens (primary N) is 1. The van der Waals surface area contributed by atoms with E-state index in [1.54, 1.807) is 53.9 Å². The highest BCUT2D eigenvalue weighted by molar-refractivity contribution is 9.09. The molecule has 3 N–H and O–H groups in total. The molecule has 36 heteroatoms. The Balaban J connectivity index is 0.000000190. The summed E-state index contributed by atoms with van der Waals surface area (Å²) < 4.78 is 77.6. The predicted octanol–water partition coefficient (Wildman–Crippen LogP) is 17.0. The van der Waals surface area contributed by atoms with Crippen molar-refractivity contribution < 1.29 is 93.7 Å². The molecule has 0 aliphatic heterocycles. The molecule has 0 unspecified atom stereocenters. The Morgan fingerprint density at radius 3 is 1.29 bits per heavy atom. The predicted molar refractivity (Wildman–Crippen MR) is 362 cm³/mol. The molecule has 28 nitrogen and oxygen atoms in total. The normalized spacial score (nSPS) is 10.3. The molecule has 0 radical (unpaired) electrons. The number of benzene rings is 7. The molecule has 100 heavy (non-hydrogen) atoms. The summed E-state index contributed by atoms with van der Waals surface area (Å²) in [6.45, 7) is 2.83. The molecule has 0 bridgehead atoms. The van der Waals surface area contributed by atoms with E-state index < -0.39 is 53.8 Å². The van der Waals surface area contributed by atoms with Crippen molar-refractivity contribution in [3.8, 4) is 33.5 Å². The quantitative estimate of drug-likeness (QED) is 0.0316. The number of hydrogen-bond donors (Lipinski definition) is 2. The molecule has 0 fully saturated rings. The van der Waals surface area contributed by atoms with Crippen LogP contribution in [0.3, 0.4) is 0 Å². The second kappa shape index (κ2) is 35.3. The third-order valence-corrected chi connectivity index (χ3v) is 14.9. The fourth-order valence-corrected chi connectivity index (χ4v) is 9.28. The van der Waals surface area contributed by atoms with Gasteiger partial charge in [0.25, 0.3) is 34.3 Å². The molecule has 12 rings (SSSR count). The number of ketones is 4. The highest BCUT2D eigenvalue weighted by atomic mass is 79.9. The van der Waals surface area contributed by atoms with Gasteiger partial charge in [-0.1, -0.05) is 31.9 Å². The number of Topliss-reactive ketones (excluding diaryl/α,β-unsaturated/α-hetero) is 4. The molecule has 0 aliphatic rings. The molecule has 12 aromatic rings. The average molecular weight is 1550 g/mol. The minimum absolute atomic E-state index is 0.0201. The van der Waals surface area contributed by atoms with Crippen molar-refractivity contribution in [2.24, 2.45) is 5.73 Å². The number of thiazole rings is 1. The Labute approximate surface area is 582 Å². The summed E-state index contributed by atoms with van der Waals surface area (Å²) in [5.41, 5.74) is 6.16. The molecule has 0 saturated carbocycles. The van der Waals surface area contributed by atoms with Gasteiger partial charge in [-0.2, -0.15) is 0 Å². The lowest BCUT2D eigenvalue weighted by Gasteiger charge is -2.00. The zero-order valence-corrected chi connectivity index (χ0v) is 55.8. The smallest absolute Gasteiger partial charge is 0.273 e. The number of ether oxygens (including phenoxy) is 1. The summed E-state index contributed by atoms with van der Waals surface area (Å²) in [6, 6.07) is 33.0. The summed E-state index contributed by atoms with van der Waals surface area (Å²) in [5, 5.41) is 66.8. The number of rotatable bonds is 15. The average Bonchev–Trinajstić information content (AvgIpc) is 1.67. The molecule has 0 saturated heterocycles. The molecular formula is C64H44Br2ClF4N7O21S. The zero-order chi connectivity index (χ0) is 73.8. The van der Waals surface area contributed by atoms with E-state index in [-0.39, 0.29) is 108 Å². The van der Waals surface area contributed by atoms with Crippen LogP contribution in [0.25, 0.3) is 65.9 Å². The number of carbonyl (C=O) groups excluding carboxylic acids is 5. The van der Waals surface area contributed by atoms with Gasteiger partial charge in [0.05, 0.1) is 84.2 Å². The first-order valence-electron chi connectivity index (χ1n) is 27.5. The number of fused-ring (bicyclic) bond motifs is 4. The van der Waals surface area contributed by atoms with E-state index in [4.69, 9.17) is 44.8 Å². The van der Waals surface area contributed by atoms with E-state index in [9.17, 15) is 92.1 Å². The first-order chi connectivity index (χ1) is 47.3. The van der Waals surface area contributed by atoms with E-state index in [0.717, 1.165) is 24.3 Å². The number of hydrogen-bond acceptors (Lipinski definition) is 23. The van der Waals surface area contributed by atoms with Gasteiger partial charge in [-0.05, 0) is 85.8 Å². The molecule has 516 valence electrons. The molecule has 0 aliphatic carbocycles. The topological polar surface area (TPSA) is 422 Å². The number of methoxy groups -OCH3 is 1. The Hall–Kier alpha value is -12.0. The van der Waals surface area contributed by atoms with E-state index in [2.05, 4.69) is 36.8 Å². The van der Waals surface area contributed by atoms with Gasteiger partial charge in [-0.3, -0.25) is 74.5 Å². The van der Waals surface area contributed by atoms with Gasteiger partial charge >= 0.3 is 0 Å². The van der Waals surface area contributed by atoms with Crippen LogP contribution in [0.2, 0.25) is 0 Å². The Kier molecular flexibility index (Phi) is 27.2. The Morgan fingerprint density at radius 2 is 0.920 bits per heavy atom. The summed E-state index contributed by atoms with van der Waals surface area (Å²) >= 11 is 12.2.